The van der Waals surface area contributed by atoms with E-state index in [1.54, 1.807) is 30.3 Å². The monoisotopic (exact) mass is 325 g/mol. The normalized spacial score (nSPS) is 10.2. The Labute approximate surface area is 132 Å². The summed E-state index contributed by atoms with van der Waals surface area (Å²) in [4.78, 5) is 10.8. The average Bonchev–Trinajstić information content (AvgIpc) is 2.46. The molecular weight excluding hydrogens is 313 g/mol. The van der Waals surface area contributed by atoms with E-state index in [0.29, 0.717) is 34.6 Å². The van der Waals surface area contributed by atoms with Crippen molar-refractivity contribution in [1.82, 2.24) is 0 Å². The molecule has 0 saturated carbocycles. The van der Waals surface area contributed by atoms with Crippen molar-refractivity contribution in [2.75, 3.05) is 18.5 Å². The number of aromatic carboxylic acids is 1. The molecule has 2 N–H and O–H groups in total. The largest absolute Gasteiger partial charge is 0.492 e. The highest BCUT2D eigenvalue weighted by atomic mass is 35.5. The molecule has 0 aliphatic heterocycles. The second-order valence-electron chi connectivity index (χ2n) is 4.20. The minimum Gasteiger partial charge on any atom is -0.492 e. The topological polar surface area (TPSA) is 58.6 Å². The predicted molar refractivity (Wildman–Crippen MR) is 83.8 cm³/mol. The van der Waals surface area contributed by atoms with Crippen LogP contribution in [-0.2, 0) is 0 Å². The van der Waals surface area contributed by atoms with E-state index in [1.165, 1.54) is 12.1 Å². The number of anilines is 1. The van der Waals surface area contributed by atoms with Crippen LogP contribution in [0.15, 0.2) is 42.5 Å². The third kappa shape index (κ3) is 4.28. The molecule has 0 aromatic heterocycles. The Morgan fingerprint density at radius 1 is 1.14 bits per heavy atom. The molecule has 0 fully saturated rings. The number of hydrogen-bond acceptors (Lipinski definition) is 3. The van der Waals surface area contributed by atoms with Gasteiger partial charge in [0.05, 0.1) is 21.3 Å². The first-order chi connectivity index (χ1) is 10.1. The Balaban J connectivity index is 1.88. The van der Waals surface area contributed by atoms with Gasteiger partial charge in [-0.15, -0.1) is 0 Å². The van der Waals surface area contributed by atoms with Gasteiger partial charge in [0.15, 0.2) is 0 Å². The van der Waals surface area contributed by atoms with Crippen molar-refractivity contribution in [2.45, 2.75) is 0 Å². The lowest BCUT2D eigenvalue weighted by Crippen LogP contribution is -2.12. The lowest BCUT2D eigenvalue weighted by Gasteiger charge is -2.11. The SMILES string of the molecule is O=C(O)c1cccc(OCCNc2c(Cl)cccc2Cl)c1. The Morgan fingerprint density at radius 2 is 1.81 bits per heavy atom. The summed E-state index contributed by atoms with van der Waals surface area (Å²) in [6.07, 6.45) is 0. The van der Waals surface area contributed by atoms with Crippen LogP contribution in [0, 0.1) is 0 Å². The molecule has 0 aliphatic carbocycles. The van der Waals surface area contributed by atoms with Crippen molar-refractivity contribution in [3.8, 4) is 5.75 Å². The fraction of sp³-hybridized carbons (Fsp3) is 0.133. The van der Waals surface area contributed by atoms with Crippen molar-refractivity contribution < 1.29 is 14.6 Å². The molecule has 2 aromatic rings. The highest BCUT2D eigenvalue weighted by molar-refractivity contribution is 6.39. The highest BCUT2D eigenvalue weighted by Crippen LogP contribution is 2.29. The average molecular weight is 326 g/mol. The number of halogens is 2. The zero-order valence-corrected chi connectivity index (χ0v) is 12.5. The summed E-state index contributed by atoms with van der Waals surface area (Å²) in [5, 5.41) is 13.1. The molecule has 110 valence electrons. The summed E-state index contributed by atoms with van der Waals surface area (Å²) < 4.78 is 5.49. The van der Waals surface area contributed by atoms with Crippen molar-refractivity contribution in [3.05, 3.63) is 58.1 Å². The first-order valence-corrected chi connectivity index (χ1v) is 6.97. The summed E-state index contributed by atoms with van der Waals surface area (Å²) in [6.45, 7) is 0.839. The van der Waals surface area contributed by atoms with E-state index >= 15 is 0 Å². The summed E-state index contributed by atoms with van der Waals surface area (Å²) in [7, 11) is 0. The number of carboxylic acid groups (broad SMARTS) is 1. The Hall–Kier alpha value is -1.91. The second-order valence-corrected chi connectivity index (χ2v) is 5.02. The number of benzene rings is 2. The molecule has 2 aromatic carbocycles. The van der Waals surface area contributed by atoms with Gasteiger partial charge in [0.1, 0.15) is 12.4 Å². The van der Waals surface area contributed by atoms with Crippen molar-refractivity contribution in [2.24, 2.45) is 0 Å². The summed E-state index contributed by atoms with van der Waals surface area (Å²) in [5.74, 6) is -0.483. The fourth-order valence-electron chi connectivity index (χ4n) is 1.73. The first kappa shape index (κ1) is 15.5. The van der Waals surface area contributed by atoms with Crippen molar-refractivity contribution in [1.29, 1.82) is 0 Å². The van der Waals surface area contributed by atoms with Gasteiger partial charge < -0.3 is 15.2 Å². The van der Waals surface area contributed by atoms with Gasteiger partial charge in [0, 0.05) is 6.54 Å². The number of nitrogens with one attached hydrogen (secondary N) is 1. The maximum absolute atomic E-state index is 10.8. The van der Waals surface area contributed by atoms with E-state index in [2.05, 4.69) is 5.32 Å². The minimum atomic E-state index is -0.985. The zero-order valence-electron chi connectivity index (χ0n) is 11.0. The van der Waals surface area contributed by atoms with Gasteiger partial charge in [-0.1, -0.05) is 35.3 Å². The van der Waals surface area contributed by atoms with Crippen molar-refractivity contribution >= 4 is 34.9 Å². The van der Waals surface area contributed by atoms with E-state index in [1.807, 2.05) is 0 Å². The number of para-hydroxylation sites is 1. The van der Waals surface area contributed by atoms with Crippen LogP contribution in [0.3, 0.4) is 0 Å². The molecule has 21 heavy (non-hydrogen) atoms. The van der Waals surface area contributed by atoms with Gasteiger partial charge in [0.2, 0.25) is 0 Å². The van der Waals surface area contributed by atoms with E-state index in [4.69, 9.17) is 33.0 Å². The second kappa shape index (κ2) is 7.20. The molecule has 2 rings (SSSR count). The van der Waals surface area contributed by atoms with Crippen LogP contribution in [0.5, 0.6) is 5.75 Å². The van der Waals surface area contributed by atoms with Gasteiger partial charge >= 0.3 is 5.97 Å². The third-order valence-corrected chi connectivity index (χ3v) is 3.35. The van der Waals surface area contributed by atoms with Crippen LogP contribution in [0.2, 0.25) is 10.0 Å². The van der Waals surface area contributed by atoms with Crippen LogP contribution in [0.4, 0.5) is 5.69 Å². The van der Waals surface area contributed by atoms with Gasteiger partial charge in [-0.05, 0) is 30.3 Å². The van der Waals surface area contributed by atoms with E-state index in [0.717, 1.165) is 0 Å². The molecule has 0 bridgehead atoms. The van der Waals surface area contributed by atoms with Crippen LogP contribution >= 0.6 is 23.2 Å². The van der Waals surface area contributed by atoms with Gasteiger partial charge in [-0.25, -0.2) is 4.79 Å². The molecule has 6 heteroatoms. The van der Waals surface area contributed by atoms with Crippen LogP contribution in [-0.4, -0.2) is 24.2 Å². The lowest BCUT2D eigenvalue weighted by atomic mass is 10.2. The number of rotatable bonds is 6. The van der Waals surface area contributed by atoms with Crippen molar-refractivity contribution in [3.63, 3.8) is 0 Å². The number of hydrogen-bond donors (Lipinski definition) is 2. The molecular formula is C15H13Cl2NO3. The third-order valence-electron chi connectivity index (χ3n) is 2.72. The standard InChI is InChI=1S/C15H13Cl2NO3/c16-12-5-2-6-13(17)14(12)18-7-8-21-11-4-1-3-10(9-11)15(19)20/h1-6,9,18H,7-8H2,(H,19,20). The summed E-state index contributed by atoms with van der Waals surface area (Å²) in [5.41, 5.74) is 0.846. The van der Waals surface area contributed by atoms with Crippen LogP contribution in [0.1, 0.15) is 10.4 Å². The Kier molecular flexibility index (Phi) is 5.31. The molecule has 0 saturated heterocycles. The van der Waals surface area contributed by atoms with E-state index < -0.39 is 5.97 Å². The lowest BCUT2D eigenvalue weighted by molar-refractivity contribution is 0.0696. The first-order valence-electron chi connectivity index (χ1n) is 6.22. The molecule has 0 unspecified atom stereocenters. The molecule has 0 heterocycles. The summed E-state index contributed by atoms with van der Waals surface area (Å²) >= 11 is 12.1. The maximum Gasteiger partial charge on any atom is 0.335 e. The van der Waals surface area contributed by atoms with Gasteiger partial charge in [-0.2, -0.15) is 0 Å². The van der Waals surface area contributed by atoms with E-state index in [-0.39, 0.29) is 5.56 Å². The molecule has 0 amide bonds. The quantitative estimate of drug-likeness (QED) is 0.782. The zero-order chi connectivity index (χ0) is 15.2. The predicted octanol–water partition coefficient (Wildman–Crippen LogP) is 4.18. The molecule has 0 atom stereocenters. The van der Waals surface area contributed by atoms with Crippen LogP contribution < -0.4 is 10.1 Å². The smallest absolute Gasteiger partial charge is 0.335 e. The molecule has 4 nitrogen and oxygen atoms in total. The fourth-order valence-corrected chi connectivity index (χ4v) is 2.26. The molecule has 0 radical (unpaired) electrons. The van der Waals surface area contributed by atoms with E-state index in [9.17, 15) is 4.79 Å². The molecule has 0 aliphatic rings. The maximum atomic E-state index is 10.8. The highest BCUT2D eigenvalue weighted by Gasteiger charge is 2.05. The number of carboxylic acids is 1. The van der Waals surface area contributed by atoms with Gasteiger partial charge in [0.25, 0.3) is 0 Å². The van der Waals surface area contributed by atoms with Crippen LogP contribution in [0.25, 0.3) is 0 Å². The minimum absolute atomic E-state index is 0.189. The molecule has 0 spiro atoms. The summed E-state index contributed by atoms with van der Waals surface area (Å²) in [6, 6.07) is 11.6. The Bertz CT molecular complexity index is 626. The number of carbonyl (C=O) groups is 1. The van der Waals surface area contributed by atoms with Gasteiger partial charge in [-0.3, -0.25) is 0 Å². The number of ether oxygens (including phenoxy) is 1. The Morgan fingerprint density at radius 3 is 2.48 bits per heavy atom.